The predicted molar refractivity (Wildman–Crippen MR) is 141 cm³/mol. The number of hydrogen-bond acceptors (Lipinski definition) is 6. The predicted octanol–water partition coefficient (Wildman–Crippen LogP) is 4.06. The van der Waals surface area contributed by atoms with Gasteiger partial charge in [-0.1, -0.05) is 31.9 Å². The van der Waals surface area contributed by atoms with Crippen molar-refractivity contribution >= 4 is 43.1 Å². The summed E-state index contributed by atoms with van der Waals surface area (Å²) < 4.78 is 80.3. The highest BCUT2D eigenvalue weighted by Crippen LogP contribution is 2.44. The van der Waals surface area contributed by atoms with Gasteiger partial charge in [0, 0.05) is 23.4 Å². The molecule has 0 saturated heterocycles. The van der Waals surface area contributed by atoms with Gasteiger partial charge in [0.05, 0.1) is 27.0 Å². The van der Waals surface area contributed by atoms with Crippen molar-refractivity contribution in [2.45, 2.75) is 55.8 Å². The summed E-state index contributed by atoms with van der Waals surface area (Å²) >= 11 is 6.26. The summed E-state index contributed by atoms with van der Waals surface area (Å²) in [6, 6.07) is 5.81. The largest absolute Gasteiger partial charge is 0.388 e. The van der Waals surface area contributed by atoms with Crippen molar-refractivity contribution in [1.29, 1.82) is 0 Å². The Morgan fingerprint density at radius 1 is 1.16 bits per heavy atom. The Morgan fingerprint density at radius 2 is 1.82 bits per heavy atom. The van der Waals surface area contributed by atoms with Crippen LogP contribution in [0.4, 0.5) is 14.5 Å². The summed E-state index contributed by atoms with van der Waals surface area (Å²) in [6.07, 6.45) is 1.49. The molecular weight excluding hydrogens is 562 g/mol. The van der Waals surface area contributed by atoms with Gasteiger partial charge < -0.3 is 10.4 Å². The Kier molecular flexibility index (Phi) is 8.94. The minimum Gasteiger partial charge on any atom is -0.388 e. The fraction of sp³-hybridized carbons (Fsp3) is 0.480. The number of carbonyl (C=O) groups is 1. The second-order valence-corrected chi connectivity index (χ2v) is 14.3. The van der Waals surface area contributed by atoms with E-state index in [-0.39, 0.29) is 46.1 Å². The van der Waals surface area contributed by atoms with E-state index < -0.39 is 60.1 Å². The third-order valence-electron chi connectivity index (χ3n) is 7.36. The molecule has 2 aromatic carbocycles. The molecule has 2 aromatic rings. The van der Waals surface area contributed by atoms with Crippen LogP contribution in [0.2, 0.25) is 5.02 Å². The number of benzene rings is 2. The quantitative estimate of drug-likeness (QED) is 0.424. The molecule has 0 aromatic heterocycles. The number of anilines is 1. The van der Waals surface area contributed by atoms with Crippen molar-refractivity contribution in [3.8, 4) is 0 Å². The summed E-state index contributed by atoms with van der Waals surface area (Å²) in [5.74, 6) is -4.01. The Hall–Kier alpha value is -2.12. The molecular formula is C25H31ClF2N2O6S2. The van der Waals surface area contributed by atoms with Crippen LogP contribution in [0.5, 0.6) is 0 Å². The second kappa shape index (κ2) is 11.2. The summed E-state index contributed by atoms with van der Waals surface area (Å²) in [5, 5.41) is 12.8. The van der Waals surface area contributed by atoms with E-state index in [0.29, 0.717) is 6.42 Å². The third kappa shape index (κ3) is 6.20. The molecule has 0 heterocycles. The van der Waals surface area contributed by atoms with Crippen LogP contribution in [0.1, 0.15) is 49.0 Å². The molecule has 1 aliphatic rings. The van der Waals surface area contributed by atoms with E-state index in [1.54, 1.807) is 13.8 Å². The molecule has 13 heteroatoms. The maximum atomic E-state index is 13.9. The number of sulfonamides is 1. The van der Waals surface area contributed by atoms with Gasteiger partial charge >= 0.3 is 0 Å². The first-order chi connectivity index (χ1) is 17.5. The molecule has 3 rings (SSSR count). The Labute approximate surface area is 226 Å². The van der Waals surface area contributed by atoms with E-state index in [9.17, 15) is 35.5 Å². The summed E-state index contributed by atoms with van der Waals surface area (Å²) in [4.78, 5) is 12.6. The van der Waals surface area contributed by atoms with Crippen LogP contribution >= 0.6 is 11.6 Å². The Morgan fingerprint density at radius 3 is 2.42 bits per heavy atom. The van der Waals surface area contributed by atoms with Gasteiger partial charge in [0.1, 0.15) is 0 Å². The summed E-state index contributed by atoms with van der Waals surface area (Å²) in [6.45, 7) is 4.52. The van der Waals surface area contributed by atoms with Crippen LogP contribution in [-0.2, 0) is 19.9 Å². The first-order valence-electron chi connectivity index (χ1n) is 12.0. The highest BCUT2D eigenvalue weighted by molar-refractivity contribution is 7.92. The maximum absolute atomic E-state index is 13.9. The van der Waals surface area contributed by atoms with E-state index in [0.717, 1.165) is 18.4 Å². The minimum absolute atomic E-state index is 0.0298. The Bertz CT molecular complexity index is 1450. The molecule has 3 N–H and O–H groups in total. The average molecular weight is 593 g/mol. The third-order valence-corrected chi connectivity index (χ3v) is 10.7. The topological polar surface area (TPSA) is 130 Å². The smallest absolute Gasteiger partial charge is 0.255 e. The standard InChI is InChI=1S/C25H31ClF2N2O6S2/c1-5-17-12-18(10-14(2)25(17,32)13-29-37(4,33)34)38(35,36)22-11-16(6-7-19(22)26)24(31)30-21-9-8-20(27)23(28)15(21)3/h6-9,11,14,17-18,29,32H,5,10,12-13H2,1-4H3,(H,30,31)/t14-,17?,18-,25-/m0/s1. The van der Waals surface area contributed by atoms with Gasteiger partial charge in [0.15, 0.2) is 21.5 Å². The van der Waals surface area contributed by atoms with Gasteiger partial charge in [0.2, 0.25) is 10.0 Å². The van der Waals surface area contributed by atoms with Gasteiger partial charge in [-0.25, -0.2) is 30.3 Å². The van der Waals surface area contributed by atoms with Crippen LogP contribution in [-0.4, -0.2) is 51.5 Å². The Balaban J connectivity index is 1.90. The fourth-order valence-electron chi connectivity index (χ4n) is 4.98. The molecule has 8 nitrogen and oxygen atoms in total. The minimum atomic E-state index is -4.08. The molecule has 0 bridgehead atoms. The number of hydrogen-bond donors (Lipinski definition) is 3. The van der Waals surface area contributed by atoms with E-state index in [1.807, 2.05) is 0 Å². The molecule has 38 heavy (non-hydrogen) atoms. The van der Waals surface area contributed by atoms with Crippen molar-refractivity contribution in [2.75, 3.05) is 18.1 Å². The first kappa shape index (κ1) is 30.4. The van der Waals surface area contributed by atoms with Gasteiger partial charge in [-0.05, 0) is 61.9 Å². The normalized spacial score (nSPS) is 24.3. The lowest BCUT2D eigenvalue weighted by atomic mass is 9.68. The summed E-state index contributed by atoms with van der Waals surface area (Å²) in [5.41, 5.74) is -1.58. The van der Waals surface area contributed by atoms with Gasteiger partial charge in [-0.2, -0.15) is 0 Å². The van der Waals surface area contributed by atoms with Gasteiger partial charge in [0.25, 0.3) is 5.91 Å². The molecule has 0 radical (unpaired) electrons. The van der Waals surface area contributed by atoms with Crippen molar-refractivity contribution in [3.63, 3.8) is 0 Å². The zero-order chi connectivity index (χ0) is 28.6. The maximum Gasteiger partial charge on any atom is 0.255 e. The SMILES string of the molecule is CCC1C[C@@H](S(=O)(=O)c2cc(C(=O)Nc3ccc(F)c(F)c3C)ccc2Cl)C[C@H](C)[C@@]1(O)CNS(C)(=O)=O. The van der Waals surface area contributed by atoms with Crippen LogP contribution < -0.4 is 10.0 Å². The fourth-order valence-corrected chi connectivity index (χ4v) is 7.93. The number of sulfone groups is 1. The highest BCUT2D eigenvalue weighted by atomic mass is 35.5. The molecule has 0 aliphatic heterocycles. The molecule has 1 fully saturated rings. The lowest BCUT2D eigenvalue weighted by Gasteiger charge is -2.47. The highest BCUT2D eigenvalue weighted by Gasteiger charge is 2.50. The molecule has 0 spiro atoms. The summed E-state index contributed by atoms with van der Waals surface area (Å²) in [7, 11) is -7.66. The van der Waals surface area contributed by atoms with Gasteiger partial charge in [-0.15, -0.1) is 0 Å². The van der Waals surface area contributed by atoms with Crippen molar-refractivity contribution in [2.24, 2.45) is 11.8 Å². The number of amides is 1. The molecule has 210 valence electrons. The van der Waals surface area contributed by atoms with Crippen molar-refractivity contribution in [1.82, 2.24) is 4.72 Å². The second-order valence-electron chi connectivity index (χ2n) is 9.86. The lowest BCUT2D eigenvalue weighted by molar-refractivity contribution is -0.0831. The van der Waals surface area contributed by atoms with Crippen molar-refractivity contribution < 1.29 is 35.5 Å². The number of halogens is 3. The van der Waals surface area contributed by atoms with E-state index >= 15 is 0 Å². The lowest BCUT2D eigenvalue weighted by Crippen LogP contribution is -2.57. The molecule has 4 atom stereocenters. The van der Waals surface area contributed by atoms with E-state index in [2.05, 4.69) is 10.0 Å². The van der Waals surface area contributed by atoms with E-state index in [1.165, 1.54) is 25.1 Å². The van der Waals surface area contributed by atoms with Crippen molar-refractivity contribution in [3.05, 3.63) is 58.1 Å². The average Bonchev–Trinajstić information content (AvgIpc) is 2.84. The van der Waals surface area contributed by atoms with E-state index in [4.69, 9.17) is 11.6 Å². The molecule has 1 aliphatic carbocycles. The molecule has 1 unspecified atom stereocenters. The zero-order valence-electron chi connectivity index (χ0n) is 21.4. The zero-order valence-corrected chi connectivity index (χ0v) is 23.8. The molecule has 1 saturated carbocycles. The van der Waals surface area contributed by atoms with Crippen LogP contribution in [0, 0.1) is 30.4 Å². The monoisotopic (exact) mass is 592 g/mol. The first-order valence-corrected chi connectivity index (χ1v) is 15.8. The molecule has 1 amide bonds. The van der Waals surface area contributed by atoms with Crippen LogP contribution in [0.3, 0.4) is 0 Å². The number of carbonyl (C=O) groups excluding carboxylic acids is 1. The number of rotatable bonds is 8. The van der Waals surface area contributed by atoms with Gasteiger partial charge in [-0.3, -0.25) is 4.79 Å². The number of aliphatic hydroxyl groups is 1. The number of nitrogens with one attached hydrogen (secondary N) is 2. The van der Waals surface area contributed by atoms with Crippen LogP contribution in [0.25, 0.3) is 0 Å². The van der Waals surface area contributed by atoms with Crippen LogP contribution in [0.15, 0.2) is 35.2 Å².